The number of benzene rings is 1. The highest BCUT2D eigenvalue weighted by Gasteiger charge is 2.46. The summed E-state index contributed by atoms with van der Waals surface area (Å²) in [4.78, 5) is 36.1. The summed E-state index contributed by atoms with van der Waals surface area (Å²) in [5.41, 5.74) is -0.514. The zero-order valence-corrected chi connectivity index (χ0v) is 13.1. The van der Waals surface area contributed by atoms with Gasteiger partial charge in [-0.1, -0.05) is 0 Å². The average Bonchev–Trinajstić information content (AvgIpc) is 2.83. The Morgan fingerprint density at radius 2 is 1.71 bits per heavy atom. The first-order valence-corrected chi connectivity index (χ1v) is 7.13. The number of allylic oxidation sites excluding steroid dienone is 3. The van der Waals surface area contributed by atoms with Crippen LogP contribution in [0.2, 0.25) is 0 Å². The lowest BCUT2D eigenvalue weighted by atomic mass is 9.82. The van der Waals surface area contributed by atoms with Crippen LogP contribution in [-0.4, -0.2) is 32.7 Å². The Morgan fingerprint density at radius 1 is 1.08 bits per heavy atom. The van der Waals surface area contributed by atoms with Crippen molar-refractivity contribution < 1.29 is 34.4 Å². The van der Waals surface area contributed by atoms with Crippen LogP contribution in [-0.2, 0) is 9.59 Å². The standard InChI is InChI=1S/C17H14O7/c1-5-14(21)11(7(3)19)17-13(15(5)22)12-9(24-17)4-8(20)10(6(2)18)16(12)23/h4,12,20-22H,1-3H3/t12-/m1/s1. The van der Waals surface area contributed by atoms with E-state index in [2.05, 4.69) is 0 Å². The number of fused-ring (bicyclic) bond motifs is 3. The third-order valence-electron chi connectivity index (χ3n) is 4.21. The Labute approximate surface area is 136 Å². The fraction of sp³-hybridized carbons (Fsp3) is 0.235. The largest absolute Gasteiger partial charge is 0.507 e. The lowest BCUT2D eigenvalue weighted by Gasteiger charge is -2.18. The number of carbonyl (C=O) groups is 3. The maximum atomic E-state index is 12.6. The predicted octanol–water partition coefficient (Wildman–Crippen LogP) is 1.95. The van der Waals surface area contributed by atoms with Crippen LogP contribution in [0.5, 0.6) is 17.2 Å². The third kappa shape index (κ3) is 1.87. The molecule has 7 nitrogen and oxygen atoms in total. The monoisotopic (exact) mass is 330 g/mol. The van der Waals surface area contributed by atoms with E-state index in [0.29, 0.717) is 0 Å². The van der Waals surface area contributed by atoms with E-state index in [0.717, 1.165) is 13.0 Å². The molecule has 2 aliphatic rings. The van der Waals surface area contributed by atoms with Crippen molar-refractivity contribution in [2.45, 2.75) is 26.7 Å². The highest BCUT2D eigenvalue weighted by atomic mass is 16.5. The summed E-state index contributed by atoms with van der Waals surface area (Å²) in [7, 11) is 0. The van der Waals surface area contributed by atoms with Gasteiger partial charge in [0.2, 0.25) is 0 Å². The summed E-state index contributed by atoms with van der Waals surface area (Å²) in [5, 5.41) is 30.4. The van der Waals surface area contributed by atoms with Gasteiger partial charge in [-0.2, -0.15) is 0 Å². The topological polar surface area (TPSA) is 121 Å². The molecule has 0 saturated heterocycles. The molecule has 0 saturated carbocycles. The Morgan fingerprint density at radius 3 is 2.25 bits per heavy atom. The second-order valence-corrected chi connectivity index (χ2v) is 5.76. The number of Topliss-reactive ketones (excluding diaryl/α,β-unsaturated/α-hetero) is 3. The highest BCUT2D eigenvalue weighted by Crippen LogP contribution is 2.54. The number of phenols is 2. The lowest BCUT2D eigenvalue weighted by Crippen LogP contribution is -2.24. The van der Waals surface area contributed by atoms with Gasteiger partial charge in [-0.05, 0) is 20.8 Å². The molecular weight excluding hydrogens is 316 g/mol. The van der Waals surface area contributed by atoms with Crippen LogP contribution in [0.15, 0.2) is 23.2 Å². The Bertz CT molecular complexity index is 902. The molecule has 3 N–H and O–H groups in total. The van der Waals surface area contributed by atoms with Crippen LogP contribution in [0, 0.1) is 6.92 Å². The molecule has 0 spiro atoms. The Kier molecular flexibility index (Phi) is 3.26. The minimum atomic E-state index is -1.15. The first-order chi connectivity index (χ1) is 11.2. The van der Waals surface area contributed by atoms with Crippen molar-refractivity contribution in [3.63, 3.8) is 0 Å². The molecule has 0 unspecified atom stereocenters. The molecule has 1 atom stereocenters. The summed E-state index contributed by atoms with van der Waals surface area (Å²) < 4.78 is 5.48. The zero-order chi connectivity index (χ0) is 17.9. The van der Waals surface area contributed by atoms with E-state index < -0.39 is 46.1 Å². The number of rotatable bonds is 2. The number of hydrogen-bond acceptors (Lipinski definition) is 7. The van der Waals surface area contributed by atoms with Crippen molar-refractivity contribution in [2.75, 3.05) is 0 Å². The average molecular weight is 330 g/mol. The molecule has 1 aliphatic heterocycles. The first kappa shape index (κ1) is 15.8. The summed E-state index contributed by atoms with van der Waals surface area (Å²) in [5.74, 6) is -4.51. The Hall–Kier alpha value is -3.09. The van der Waals surface area contributed by atoms with Gasteiger partial charge in [-0.15, -0.1) is 0 Å². The maximum Gasteiger partial charge on any atom is 0.185 e. The smallest absolute Gasteiger partial charge is 0.185 e. The number of carbonyl (C=O) groups excluding carboxylic acids is 3. The quantitative estimate of drug-likeness (QED) is 0.559. The number of aliphatic hydroxyl groups is 1. The van der Waals surface area contributed by atoms with E-state index in [1.165, 1.54) is 13.8 Å². The first-order valence-electron chi connectivity index (χ1n) is 7.13. The second kappa shape index (κ2) is 4.95. The lowest BCUT2D eigenvalue weighted by molar-refractivity contribution is -0.121. The third-order valence-corrected chi connectivity index (χ3v) is 4.21. The molecule has 0 bridgehead atoms. The van der Waals surface area contributed by atoms with Gasteiger partial charge in [0.25, 0.3) is 0 Å². The van der Waals surface area contributed by atoms with E-state index in [4.69, 9.17) is 4.74 Å². The molecule has 1 aliphatic carbocycles. The SMILES string of the molecule is CC(=O)C1=C(O)C=C2Oc3c(C(C)=O)c(O)c(C)c(O)c3[C@@H]2C1=O. The molecule has 1 aromatic rings. The van der Waals surface area contributed by atoms with Gasteiger partial charge >= 0.3 is 0 Å². The van der Waals surface area contributed by atoms with Gasteiger partial charge in [-0.25, -0.2) is 0 Å². The molecule has 0 aromatic heterocycles. The van der Waals surface area contributed by atoms with Crippen molar-refractivity contribution in [3.05, 3.63) is 39.9 Å². The second-order valence-electron chi connectivity index (χ2n) is 5.76. The van der Waals surface area contributed by atoms with Crippen LogP contribution in [0.1, 0.15) is 41.3 Å². The molecule has 7 heteroatoms. The molecule has 1 aromatic carbocycles. The molecule has 0 fully saturated rings. The summed E-state index contributed by atoms with van der Waals surface area (Å²) in [6.45, 7) is 3.75. The Balaban J connectivity index is 2.33. The summed E-state index contributed by atoms with van der Waals surface area (Å²) in [6, 6.07) is 0. The molecule has 0 amide bonds. The number of ether oxygens (including phenoxy) is 1. The number of ketones is 3. The van der Waals surface area contributed by atoms with Crippen molar-refractivity contribution >= 4 is 17.3 Å². The van der Waals surface area contributed by atoms with Crippen molar-refractivity contribution in [1.29, 1.82) is 0 Å². The molecule has 1 heterocycles. The molecule has 124 valence electrons. The zero-order valence-electron chi connectivity index (χ0n) is 13.1. The van der Waals surface area contributed by atoms with Gasteiger partial charge in [0.15, 0.2) is 17.3 Å². The molecule has 0 radical (unpaired) electrons. The van der Waals surface area contributed by atoms with Gasteiger partial charge in [0.1, 0.15) is 45.8 Å². The van der Waals surface area contributed by atoms with Crippen LogP contribution in [0.3, 0.4) is 0 Å². The van der Waals surface area contributed by atoms with Crippen molar-refractivity contribution in [1.82, 2.24) is 0 Å². The number of hydrogen-bond donors (Lipinski definition) is 3. The molecule has 24 heavy (non-hydrogen) atoms. The van der Waals surface area contributed by atoms with E-state index in [1.807, 2.05) is 0 Å². The summed E-state index contributed by atoms with van der Waals surface area (Å²) >= 11 is 0. The molecule has 3 rings (SSSR count). The number of aromatic hydroxyl groups is 2. The minimum absolute atomic E-state index is 0.0120. The maximum absolute atomic E-state index is 12.6. The van der Waals surface area contributed by atoms with Crippen LogP contribution < -0.4 is 4.74 Å². The van der Waals surface area contributed by atoms with Crippen molar-refractivity contribution in [2.24, 2.45) is 0 Å². The highest BCUT2D eigenvalue weighted by molar-refractivity contribution is 6.24. The fourth-order valence-electron chi connectivity index (χ4n) is 3.08. The minimum Gasteiger partial charge on any atom is -0.507 e. The van der Waals surface area contributed by atoms with Gasteiger partial charge in [0, 0.05) is 11.6 Å². The van der Waals surface area contributed by atoms with E-state index in [9.17, 15) is 29.7 Å². The summed E-state index contributed by atoms with van der Waals surface area (Å²) in [6.07, 6.45) is 1.11. The van der Waals surface area contributed by atoms with Gasteiger partial charge in [0.05, 0.1) is 5.56 Å². The van der Waals surface area contributed by atoms with Gasteiger partial charge < -0.3 is 20.1 Å². The van der Waals surface area contributed by atoms with Crippen LogP contribution >= 0.6 is 0 Å². The van der Waals surface area contributed by atoms with Crippen LogP contribution in [0.25, 0.3) is 0 Å². The van der Waals surface area contributed by atoms with Crippen molar-refractivity contribution in [3.8, 4) is 17.2 Å². The predicted molar refractivity (Wildman–Crippen MR) is 81.3 cm³/mol. The van der Waals surface area contributed by atoms with Crippen LogP contribution in [0.4, 0.5) is 0 Å². The van der Waals surface area contributed by atoms with E-state index >= 15 is 0 Å². The fourth-order valence-corrected chi connectivity index (χ4v) is 3.08. The number of aliphatic hydroxyl groups excluding tert-OH is 1. The number of phenolic OH excluding ortho intramolecular Hbond substituents is 2. The van der Waals surface area contributed by atoms with E-state index in [1.54, 1.807) is 0 Å². The van der Waals surface area contributed by atoms with Gasteiger partial charge in [-0.3, -0.25) is 14.4 Å². The van der Waals surface area contributed by atoms with E-state index in [-0.39, 0.29) is 28.2 Å². The molecular formula is C17H14O7. The normalized spacial score (nSPS) is 18.7.